The van der Waals surface area contributed by atoms with E-state index < -0.39 is 0 Å². The number of ether oxygens (including phenoxy) is 1. The van der Waals surface area contributed by atoms with Crippen LogP contribution in [0.4, 0.5) is 0 Å². The molecule has 0 unspecified atom stereocenters. The zero-order valence-corrected chi connectivity index (χ0v) is 14.4. The SMILES string of the molecule is C=CCOc1cccc(O)c1.Oc1ccccc1Cc1ccccc1O. The van der Waals surface area contributed by atoms with Crippen LogP contribution >= 0.6 is 0 Å². The number of aromatic hydroxyl groups is 3. The normalized spacial score (nSPS) is 9.69. The van der Waals surface area contributed by atoms with Gasteiger partial charge in [-0.05, 0) is 35.4 Å². The van der Waals surface area contributed by atoms with Crippen molar-refractivity contribution in [3.8, 4) is 23.0 Å². The number of hydrogen-bond acceptors (Lipinski definition) is 4. The topological polar surface area (TPSA) is 69.9 Å². The van der Waals surface area contributed by atoms with Gasteiger partial charge in [0.15, 0.2) is 0 Å². The number of rotatable bonds is 5. The van der Waals surface area contributed by atoms with Gasteiger partial charge in [-0.3, -0.25) is 0 Å². The Morgan fingerprint density at radius 2 is 1.35 bits per heavy atom. The second-order valence-electron chi connectivity index (χ2n) is 5.53. The van der Waals surface area contributed by atoms with Crippen molar-refractivity contribution in [2.45, 2.75) is 6.42 Å². The highest BCUT2D eigenvalue weighted by atomic mass is 16.5. The van der Waals surface area contributed by atoms with E-state index in [0.717, 1.165) is 11.1 Å². The molecule has 4 heteroatoms. The highest BCUT2D eigenvalue weighted by Crippen LogP contribution is 2.24. The summed E-state index contributed by atoms with van der Waals surface area (Å²) in [6, 6.07) is 21.0. The fourth-order valence-corrected chi connectivity index (χ4v) is 2.25. The van der Waals surface area contributed by atoms with Crippen LogP contribution in [0.25, 0.3) is 0 Å². The zero-order valence-electron chi connectivity index (χ0n) is 14.4. The van der Waals surface area contributed by atoms with Gasteiger partial charge in [0.25, 0.3) is 0 Å². The van der Waals surface area contributed by atoms with E-state index in [2.05, 4.69) is 6.58 Å². The maximum absolute atomic E-state index is 9.58. The third-order valence-corrected chi connectivity index (χ3v) is 3.55. The van der Waals surface area contributed by atoms with Crippen molar-refractivity contribution in [3.05, 3.63) is 96.6 Å². The molecule has 0 aliphatic carbocycles. The molecular weight excluding hydrogens is 328 g/mol. The Balaban J connectivity index is 0.000000197. The van der Waals surface area contributed by atoms with Crippen LogP contribution < -0.4 is 4.74 Å². The monoisotopic (exact) mass is 350 g/mol. The van der Waals surface area contributed by atoms with E-state index in [0.29, 0.717) is 18.8 Å². The molecule has 0 aromatic heterocycles. The number of benzene rings is 3. The van der Waals surface area contributed by atoms with E-state index in [1.165, 1.54) is 0 Å². The third-order valence-electron chi connectivity index (χ3n) is 3.55. The predicted octanol–water partition coefficient (Wildman–Crippen LogP) is 4.65. The molecule has 3 aromatic rings. The lowest BCUT2D eigenvalue weighted by molar-refractivity contribution is 0.360. The number of phenolic OH excluding ortho intramolecular Hbond substituents is 3. The van der Waals surface area contributed by atoms with Crippen molar-refractivity contribution >= 4 is 0 Å². The van der Waals surface area contributed by atoms with Crippen LogP contribution in [0.5, 0.6) is 23.0 Å². The predicted molar refractivity (Wildman–Crippen MR) is 103 cm³/mol. The maximum Gasteiger partial charge on any atom is 0.123 e. The quantitative estimate of drug-likeness (QED) is 0.586. The first-order valence-corrected chi connectivity index (χ1v) is 8.16. The van der Waals surface area contributed by atoms with Crippen LogP contribution in [0.1, 0.15) is 11.1 Å². The first-order valence-electron chi connectivity index (χ1n) is 8.16. The van der Waals surface area contributed by atoms with E-state index in [1.54, 1.807) is 54.6 Å². The molecule has 26 heavy (non-hydrogen) atoms. The molecule has 0 spiro atoms. The Kier molecular flexibility index (Phi) is 7.13. The molecule has 0 radical (unpaired) electrons. The fraction of sp³-hybridized carbons (Fsp3) is 0.0909. The first kappa shape index (κ1) is 18.9. The van der Waals surface area contributed by atoms with E-state index >= 15 is 0 Å². The summed E-state index contributed by atoms with van der Waals surface area (Å²) >= 11 is 0. The van der Waals surface area contributed by atoms with E-state index in [1.807, 2.05) is 24.3 Å². The lowest BCUT2D eigenvalue weighted by atomic mass is 10.0. The summed E-state index contributed by atoms with van der Waals surface area (Å²) in [6.07, 6.45) is 2.20. The van der Waals surface area contributed by atoms with Crippen LogP contribution in [-0.4, -0.2) is 21.9 Å². The minimum atomic E-state index is 0.214. The first-order chi connectivity index (χ1) is 12.6. The summed E-state index contributed by atoms with van der Waals surface area (Å²) in [4.78, 5) is 0. The summed E-state index contributed by atoms with van der Waals surface area (Å²) in [7, 11) is 0. The van der Waals surface area contributed by atoms with Crippen molar-refractivity contribution in [2.75, 3.05) is 6.61 Å². The number of hydrogen-bond donors (Lipinski definition) is 3. The van der Waals surface area contributed by atoms with Gasteiger partial charge in [-0.25, -0.2) is 0 Å². The molecule has 0 heterocycles. The Morgan fingerprint density at radius 1 is 0.769 bits per heavy atom. The molecular formula is C22H22O4. The summed E-state index contributed by atoms with van der Waals surface area (Å²) in [6.45, 7) is 3.97. The Hall–Kier alpha value is -3.40. The van der Waals surface area contributed by atoms with Crippen LogP contribution in [0.2, 0.25) is 0 Å². The van der Waals surface area contributed by atoms with E-state index in [9.17, 15) is 10.2 Å². The van der Waals surface area contributed by atoms with Gasteiger partial charge in [0.2, 0.25) is 0 Å². The van der Waals surface area contributed by atoms with Crippen molar-refractivity contribution in [1.29, 1.82) is 0 Å². The molecule has 4 nitrogen and oxygen atoms in total. The molecule has 0 saturated heterocycles. The molecule has 3 N–H and O–H groups in total. The zero-order chi connectivity index (χ0) is 18.8. The van der Waals surface area contributed by atoms with Gasteiger partial charge < -0.3 is 20.1 Å². The Morgan fingerprint density at radius 3 is 1.85 bits per heavy atom. The second-order valence-corrected chi connectivity index (χ2v) is 5.53. The molecule has 0 aliphatic heterocycles. The fourth-order valence-electron chi connectivity index (χ4n) is 2.25. The van der Waals surface area contributed by atoms with Crippen LogP contribution in [-0.2, 0) is 6.42 Å². The minimum Gasteiger partial charge on any atom is -0.508 e. The molecule has 0 saturated carbocycles. The molecule has 0 bridgehead atoms. The lowest BCUT2D eigenvalue weighted by Crippen LogP contribution is -1.91. The Labute approximate surface area is 153 Å². The molecule has 134 valence electrons. The summed E-state index contributed by atoms with van der Waals surface area (Å²) in [5.41, 5.74) is 1.64. The van der Waals surface area contributed by atoms with Gasteiger partial charge in [-0.1, -0.05) is 55.1 Å². The number of phenols is 3. The highest BCUT2D eigenvalue weighted by molar-refractivity contribution is 5.41. The van der Waals surface area contributed by atoms with Crippen molar-refractivity contribution in [2.24, 2.45) is 0 Å². The molecule has 0 aliphatic rings. The summed E-state index contributed by atoms with van der Waals surface area (Å²) in [5, 5.41) is 28.2. The molecule has 3 aromatic carbocycles. The highest BCUT2D eigenvalue weighted by Gasteiger charge is 2.04. The van der Waals surface area contributed by atoms with Crippen LogP contribution in [0.15, 0.2) is 85.5 Å². The van der Waals surface area contributed by atoms with E-state index in [-0.39, 0.29) is 17.2 Å². The summed E-state index contributed by atoms with van der Waals surface area (Å²) in [5.74, 6) is 1.40. The number of para-hydroxylation sites is 2. The van der Waals surface area contributed by atoms with Crippen molar-refractivity contribution in [1.82, 2.24) is 0 Å². The lowest BCUT2D eigenvalue weighted by Gasteiger charge is -2.05. The molecule has 0 fully saturated rings. The second kappa shape index (κ2) is 9.79. The third kappa shape index (κ3) is 5.91. The van der Waals surface area contributed by atoms with Gasteiger partial charge in [-0.2, -0.15) is 0 Å². The van der Waals surface area contributed by atoms with Crippen molar-refractivity contribution < 1.29 is 20.1 Å². The van der Waals surface area contributed by atoms with Crippen LogP contribution in [0.3, 0.4) is 0 Å². The Bertz CT molecular complexity index is 799. The standard InChI is InChI=1S/C13H12O2.C9H10O2/c14-12-7-3-1-5-10(12)9-11-6-2-4-8-13(11)15;1-2-6-11-9-5-3-4-8(10)7-9/h1-8,14-15H,9H2;2-5,7,10H,1,6H2. The van der Waals surface area contributed by atoms with Gasteiger partial charge >= 0.3 is 0 Å². The molecule has 3 rings (SSSR count). The van der Waals surface area contributed by atoms with Gasteiger partial charge in [0.1, 0.15) is 29.6 Å². The maximum atomic E-state index is 9.58. The average Bonchev–Trinajstić information content (AvgIpc) is 2.64. The van der Waals surface area contributed by atoms with Gasteiger partial charge in [0, 0.05) is 12.5 Å². The molecule has 0 amide bonds. The van der Waals surface area contributed by atoms with Gasteiger partial charge in [-0.15, -0.1) is 0 Å². The average molecular weight is 350 g/mol. The van der Waals surface area contributed by atoms with Gasteiger partial charge in [0.05, 0.1) is 0 Å². The largest absolute Gasteiger partial charge is 0.508 e. The summed E-state index contributed by atoms with van der Waals surface area (Å²) < 4.78 is 5.16. The smallest absolute Gasteiger partial charge is 0.123 e. The van der Waals surface area contributed by atoms with E-state index in [4.69, 9.17) is 9.84 Å². The minimum absolute atomic E-state index is 0.214. The van der Waals surface area contributed by atoms with Crippen LogP contribution in [0, 0.1) is 0 Å². The molecule has 0 atom stereocenters. The van der Waals surface area contributed by atoms with Crippen molar-refractivity contribution in [3.63, 3.8) is 0 Å².